The minimum atomic E-state index is 0.790. The van der Waals surface area contributed by atoms with Crippen molar-refractivity contribution in [3.05, 3.63) is 70.2 Å². The summed E-state index contributed by atoms with van der Waals surface area (Å²) in [5.41, 5.74) is 3.96. The standard InChI is InChI=1S/C18H23ClN2/c1-3-20-12-15-4-6-16(7-5-15)13-21(2)14-17-8-10-18(19)11-9-17/h4-11,20H,3,12-14H2,1-2H3. The minimum Gasteiger partial charge on any atom is -0.313 e. The maximum atomic E-state index is 5.91. The Balaban J connectivity index is 1.87. The Labute approximate surface area is 132 Å². The Bertz CT molecular complexity index is 534. The zero-order chi connectivity index (χ0) is 15.1. The van der Waals surface area contributed by atoms with E-state index in [9.17, 15) is 0 Å². The van der Waals surface area contributed by atoms with Crippen molar-refractivity contribution >= 4 is 11.6 Å². The maximum Gasteiger partial charge on any atom is 0.0406 e. The van der Waals surface area contributed by atoms with Gasteiger partial charge in [0.1, 0.15) is 0 Å². The molecule has 0 spiro atoms. The molecule has 112 valence electrons. The molecule has 0 atom stereocenters. The van der Waals surface area contributed by atoms with Gasteiger partial charge in [-0.15, -0.1) is 0 Å². The van der Waals surface area contributed by atoms with Crippen molar-refractivity contribution in [2.45, 2.75) is 26.6 Å². The molecule has 3 heteroatoms. The van der Waals surface area contributed by atoms with Crippen LogP contribution in [-0.2, 0) is 19.6 Å². The summed E-state index contributed by atoms with van der Waals surface area (Å²) in [6, 6.07) is 16.9. The second kappa shape index (κ2) is 8.18. The Kier molecular flexibility index (Phi) is 6.24. The summed E-state index contributed by atoms with van der Waals surface area (Å²) >= 11 is 5.91. The molecule has 2 rings (SSSR count). The molecule has 0 amide bonds. The van der Waals surface area contributed by atoms with Gasteiger partial charge in [0.25, 0.3) is 0 Å². The Morgan fingerprint density at radius 3 is 1.86 bits per heavy atom. The molecule has 0 fully saturated rings. The number of nitrogens with one attached hydrogen (secondary N) is 1. The Hall–Kier alpha value is -1.35. The number of halogens is 1. The highest BCUT2D eigenvalue weighted by Crippen LogP contribution is 2.13. The molecule has 0 saturated carbocycles. The van der Waals surface area contributed by atoms with Crippen LogP contribution in [0.3, 0.4) is 0 Å². The van der Waals surface area contributed by atoms with Gasteiger partial charge in [-0.25, -0.2) is 0 Å². The van der Waals surface area contributed by atoms with Gasteiger partial charge in [-0.05, 0) is 42.4 Å². The lowest BCUT2D eigenvalue weighted by Gasteiger charge is -2.17. The van der Waals surface area contributed by atoms with E-state index in [0.717, 1.165) is 31.2 Å². The van der Waals surface area contributed by atoms with Gasteiger partial charge in [0.15, 0.2) is 0 Å². The molecule has 0 radical (unpaired) electrons. The third kappa shape index (κ3) is 5.50. The molecular formula is C18H23ClN2. The lowest BCUT2D eigenvalue weighted by molar-refractivity contribution is 0.319. The molecular weight excluding hydrogens is 280 g/mol. The quantitative estimate of drug-likeness (QED) is 0.829. The fourth-order valence-electron chi connectivity index (χ4n) is 2.30. The smallest absolute Gasteiger partial charge is 0.0406 e. The van der Waals surface area contributed by atoms with Crippen molar-refractivity contribution in [1.29, 1.82) is 0 Å². The second-order valence-corrected chi connectivity index (χ2v) is 5.83. The molecule has 0 aliphatic heterocycles. The summed E-state index contributed by atoms with van der Waals surface area (Å²) in [7, 11) is 2.14. The average molecular weight is 303 g/mol. The van der Waals surface area contributed by atoms with Crippen molar-refractivity contribution < 1.29 is 0 Å². The van der Waals surface area contributed by atoms with Crippen LogP contribution in [0.15, 0.2) is 48.5 Å². The van der Waals surface area contributed by atoms with Gasteiger partial charge in [-0.1, -0.05) is 54.9 Å². The van der Waals surface area contributed by atoms with Crippen LogP contribution in [0.5, 0.6) is 0 Å². The highest BCUT2D eigenvalue weighted by Gasteiger charge is 2.02. The van der Waals surface area contributed by atoms with Crippen LogP contribution in [0.2, 0.25) is 5.02 Å². The highest BCUT2D eigenvalue weighted by molar-refractivity contribution is 6.30. The van der Waals surface area contributed by atoms with Gasteiger partial charge < -0.3 is 5.32 Å². The Morgan fingerprint density at radius 1 is 0.857 bits per heavy atom. The average Bonchev–Trinajstić information content (AvgIpc) is 2.49. The van der Waals surface area contributed by atoms with Crippen LogP contribution in [-0.4, -0.2) is 18.5 Å². The topological polar surface area (TPSA) is 15.3 Å². The van der Waals surface area contributed by atoms with Crippen molar-refractivity contribution in [1.82, 2.24) is 10.2 Å². The fourth-order valence-corrected chi connectivity index (χ4v) is 2.43. The number of rotatable bonds is 7. The van der Waals surface area contributed by atoms with Crippen LogP contribution in [0.4, 0.5) is 0 Å². The molecule has 2 nitrogen and oxygen atoms in total. The largest absolute Gasteiger partial charge is 0.313 e. The van der Waals surface area contributed by atoms with Crippen LogP contribution >= 0.6 is 11.6 Å². The monoisotopic (exact) mass is 302 g/mol. The third-order valence-corrected chi connectivity index (χ3v) is 3.67. The van der Waals surface area contributed by atoms with E-state index in [1.807, 2.05) is 12.1 Å². The molecule has 0 aromatic heterocycles. The third-order valence-electron chi connectivity index (χ3n) is 3.42. The summed E-state index contributed by atoms with van der Waals surface area (Å²) in [5.74, 6) is 0. The first-order valence-electron chi connectivity index (χ1n) is 7.39. The molecule has 1 N–H and O–H groups in total. The summed E-state index contributed by atoms with van der Waals surface area (Å²) in [5, 5.41) is 4.13. The molecule has 0 aliphatic rings. The predicted octanol–water partition coefficient (Wildman–Crippen LogP) is 4.08. The fraction of sp³-hybridized carbons (Fsp3) is 0.333. The van der Waals surface area contributed by atoms with Gasteiger partial charge in [0, 0.05) is 24.7 Å². The lowest BCUT2D eigenvalue weighted by atomic mass is 10.1. The minimum absolute atomic E-state index is 0.790. The number of nitrogens with zero attached hydrogens (tertiary/aromatic N) is 1. The number of hydrogen-bond acceptors (Lipinski definition) is 2. The molecule has 0 aliphatic carbocycles. The first kappa shape index (κ1) is 16.0. The van der Waals surface area contributed by atoms with Crippen LogP contribution in [0.25, 0.3) is 0 Å². The first-order chi connectivity index (χ1) is 10.2. The van der Waals surface area contributed by atoms with E-state index < -0.39 is 0 Å². The van der Waals surface area contributed by atoms with E-state index >= 15 is 0 Å². The molecule has 0 unspecified atom stereocenters. The van der Waals surface area contributed by atoms with E-state index in [2.05, 4.69) is 60.6 Å². The van der Waals surface area contributed by atoms with Crippen molar-refractivity contribution in [2.24, 2.45) is 0 Å². The van der Waals surface area contributed by atoms with E-state index in [1.54, 1.807) is 0 Å². The lowest BCUT2D eigenvalue weighted by Crippen LogP contribution is -2.17. The zero-order valence-electron chi connectivity index (χ0n) is 12.8. The molecule has 2 aromatic rings. The normalized spacial score (nSPS) is 11.0. The molecule has 21 heavy (non-hydrogen) atoms. The summed E-state index contributed by atoms with van der Waals surface area (Å²) < 4.78 is 0. The molecule has 0 heterocycles. The summed E-state index contributed by atoms with van der Waals surface area (Å²) in [6.07, 6.45) is 0. The van der Waals surface area contributed by atoms with E-state index in [-0.39, 0.29) is 0 Å². The Morgan fingerprint density at radius 2 is 1.33 bits per heavy atom. The van der Waals surface area contributed by atoms with Gasteiger partial charge in [0.2, 0.25) is 0 Å². The van der Waals surface area contributed by atoms with E-state index in [4.69, 9.17) is 11.6 Å². The SMILES string of the molecule is CCNCc1ccc(CN(C)Cc2ccc(Cl)cc2)cc1. The molecule has 0 bridgehead atoms. The van der Waals surface area contributed by atoms with Crippen LogP contribution in [0.1, 0.15) is 23.6 Å². The zero-order valence-corrected chi connectivity index (χ0v) is 13.5. The van der Waals surface area contributed by atoms with Gasteiger partial charge in [-0.2, -0.15) is 0 Å². The highest BCUT2D eigenvalue weighted by atomic mass is 35.5. The van der Waals surface area contributed by atoms with E-state index in [1.165, 1.54) is 16.7 Å². The number of benzene rings is 2. The van der Waals surface area contributed by atoms with Crippen molar-refractivity contribution in [3.63, 3.8) is 0 Å². The van der Waals surface area contributed by atoms with Gasteiger partial charge in [0.05, 0.1) is 0 Å². The second-order valence-electron chi connectivity index (χ2n) is 5.40. The van der Waals surface area contributed by atoms with Gasteiger partial charge in [-0.3, -0.25) is 4.90 Å². The van der Waals surface area contributed by atoms with E-state index in [0.29, 0.717) is 0 Å². The van der Waals surface area contributed by atoms with Gasteiger partial charge >= 0.3 is 0 Å². The first-order valence-corrected chi connectivity index (χ1v) is 7.76. The predicted molar refractivity (Wildman–Crippen MR) is 90.4 cm³/mol. The van der Waals surface area contributed by atoms with Crippen molar-refractivity contribution in [3.8, 4) is 0 Å². The maximum absolute atomic E-state index is 5.91. The summed E-state index contributed by atoms with van der Waals surface area (Å²) in [4.78, 5) is 2.31. The molecule has 0 saturated heterocycles. The molecule has 2 aromatic carbocycles. The number of hydrogen-bond donors (Lipinski definition) is 1. The summed E-state index contributed by atoms with van der Waals surface area (Å²) in [6.45, 7) is 5.95. The van der Waals surface area contributed by atoms with Crippen molar-refractivity contribution in [2.75, 3.05) is 13.6 Å². The van der Waals surface area contributed by atoms with Crippen LogP contribution < -0.4 is 5.32 Å². The van der Waals surface area contributed by atoms with Crippen LogP contribution in [0, 0.1) is 0 Å².